The van der Waals surface area contributed by atoms with E-state index >= 15 is 0 Å². The Kier molecular flexibility index (Phi) is 6.48. The molecule has 1 aliphatic carbocycles. The Bertz CT molecular complexity index is 609. The molecule has 0 aromatic heterocycles. The maximum atomic E-state index is 14.0. The van der Waals surface area contributed by atoms with Crippen LogP contribution in [0.1, 0.15) is 48.9 Å². The molecule has 5 nitrogen and oxygen atoms in total. The van der Waals surface area contributed by atoms with Crippen molar-refractivity contribution in [2.75, 3.05) is 32.8 Å². The van der Waals surface area contributed by atoms with E-state index in [9.17, 15) is 9.18 Å². The van der Waals surface area contributed by atoms with Crippen LogP contribution in [0.3, 0.4) is 0 Å². The van der Waals surface area contributed by atoms with Gasteiger partial charge in [0.05, 0.1) is 18.8 Å². The lowest BCUT2D eigenvalue weighted by Crippen LogP contribution is -2.45. The lowest BCUT2D eigenvalue weighted by molar-refractivity contribution is 0.0149. The number of aliphatic hydroxyl groups is 1. The summed E-state index contributed by atoms with van der Waals surface area (Å²) in [5, 5.41) is 14.6. The number of aliphatic hydroxyl groups excluding tert-OH is 1. The number of nitrogens with one attached hydrogen (secondary N) is 2. The van der Waals surface area contributed by atoms with Crippen molar-refractivity contribution in [3.8, 4) is 5.75 Å². The van der Waals surface area contributed by atoms with E-state index < -0.39 is 11.7 Å². The minimum atomic E-state index is -0.607. The van der Waals surface area contributed by atoms with Crippen LogP contribution in [0.25, 0.3) is 0 Å². The summed E-state index contributed by atoms with van der Waals surface area (Å²) >= 11 is 0. The summed E-state index contributed by atoms with van der Waals surface area (Å²) in [6, 6.07) is 4.29. The molecule has 0 bridgehead atoms. The third-order valence-electron chi connectivity index (χ3n) is 5.72. The molecular formula is C20H29FN2O3. The molecule has 26 heavy (non-hydrogen) atoms. The van der Waals surface area contributed by atoms with E-state index in [0.29, 0.717) is 17.8 Å². The van der Waals surface area contributed by atoms with Gasteiger partial charge in [0.2, 0.25) is 0 Å². The number of benzene rings is 1. The lowest BCUT2D eigenvalue weighted by Gasteiger charge is -2.50. The highest BCUT2D eigenvalue weighted by atomic mass is 19.1. The first kappa shape index (κ1) is 19.1. The fourth-order valence-corrected chi connectivity index (χ4v) is 4.33. The van der Waals surface area contributed by atoms with Crippen LogP contribution in [0.5, 0.6) is 5.75 Å². The van der Waals surface area contributed by atoms with Gasteiger partial charge in [-0.1, -0.05) is 0 Å². The second-order valence-corrected chi connectivity index (χ2v) is 7.64. The predicted octanol–water partition coefficient (Wildman–Crippen LogP) is 2.49. The van der Waals surface area contributed by atoms with Crippen molar-refractivity contribution in [3.63, 3.8) is 0 Å². The summed E-state index contributed by atoms with van der Waals surface area (Å²) in [4.78, 5) is 11.7. The van der Waals surface area contributed by atoms with Gasteiger partial charge in [-0.2, -0.15) is 0 Å². The van der Waals surface area contributed by atoms with Crippen LogP contribution in [0.2, 0.25) is 0 Å². The topological polar surface area (TPSA) is 70.6 Å². The highest BCUT2D eigenvalue weighted by Gasteiger charge is 2.43. The second-order valence-electron chi connectivity index (χ2n) is 7.64. The highest BCUT2D eigenvalue weighted by Crippen LogP contribution is 2.52. The fourth-order valence-electron chi connectivity index (χ4n) is 4.33. The van der Waals surface area contributed by atoms with Crippen molar-refractivity contribution in [2.45, 2.75) is 38.5 Å². The summed E-state index contributed by atoms with van der Waals surface area (Å²) in [7, 11) is 0. The molecule has 1 aliphatic heterocycles. The molecule has 0 atom stereocenters. The van der Waals surface area contributed by atoms with Gasteiger partial charge in [0.15, 0.2) is 0 Å². The Balaban J connectivity index is 1.36. The Morgan fingerprint density at radius 2 is 2.12 bits per heavy atom. The largest absolute Gasteiger partial charge is 0.493 e. The molecule has 0 unspecified atom stereocenters. The number of rotatable bonds is 8. The van der Waals surface area contributed by atoms with Gasteiger partial charge in [-0.05, 0) is 75.1 Å². The van der Waals surface area contributed by atoms with Crippen LogP contribution in [-0.4, -0.2) is 43.9 Å². The third-order valence-corrected chi connectivity index (χ3v) is 5.72. The van der Waals surface area contributed by atoms with Crippen LogP contribution < -0.4 is 15.4 Å². The fraction of sp³-hybridized carbons (Fsp3) is 0.650. The van der Waals surface area contributed by atoms with Crippen LogP contribution in [0, 0.1) is 17.2 Å². The molecule has 1 amide bonds. The summed E-state index contributed by atoms with van der Waals surface area (Å²) in [5.74, 6) is 0.125. The Morgan fingerprint density at radius 1 is 1.35 bits per heavy atom. The van der Waals surface area contributed by atoms with E-state index in [1.54, 1.807) is 6.07 Å². The van der Waals surface area contributed by atoms with Gasteiger partial charge in [-0.15, -0.1) is 0 Å². The van der Waals surface area contributed by atoms with E-state index in [4.69, 9.17) is 9.84 Å². The monoisotopic (exact) mass is 364 g/mol. The van der Waals surface area contributed by atoms with Crippen molar-refractivity contribution >= 4 is 5.91 Å². The molecule has 2 aliphatic rings. The molecule has 1 saturated carbocycles. The number of carbonyl (C=O) groups excluding carboxylic acids is 1. The first-order valence-corrected chi connectivity index (χ1v) is 9.64. The van der Waals surface area contributed by atoms with E-state index in [1.165, 1.54) is 44.2 Å². The number of carbonyl (C=O) groups is 1. The predicted molar refractivity (Wildman–Crippen MR) is 97.8 cm³/mol. The van der Waals surface area contributed by atoms with E-state index in [2.05, 4.69) is 10.6 Å². The standard InChI is InChI=1S/C20H29FN2O3/c21-18-12-16(3-4-17(18)19(25)23-9-10-24)26-11-1-2-15-13-20(14-15)5-7-22-8-6-20/h3-4,12,15,22,24H,1-2,5-11,13-14H2,(H,23,25). The zero-order valence-corrected chi connectivity index (χ0v) is 15.2. The van der Waals surface area contributed by atoms with Crippen molar-refractivity contribution in [3.05, 3.63) is 29.6 Å². The SMILES string of the molecule is O=C(NCCO)c1ccc(OCCCC2CC3(CCNCC3)C2)cc1F. The first-order valence-electron chi connectivity index (χ1n) is 9.64. The number of hydrogen-bond donors (Lipinski definition) is 3. The number of halogens is 1. The smallest absolute Gasteiger partial charge is 0.254 e. The minimum Gasteiger partial charge on any atom is -0.493 e. The summed E-state index contributed by atoms with van der Waals surface area (Å²) in [5.41, 5.74) is 0.583. The Labute approximate surface area is 154 Å². The third kappa shape index (κ3) is 4.74. The molecular weight excluding hydrogens is 335 g/mol. The molecule has 1 heterocycles. The second kappa shape index (κ2) is 8.82. The van der Waals surface area contributed by atoms with Crippen molar-refractivity contribution < 1.29 is 19.0 Å². The number of piperidine rings is 1. The maximum Gasteiger partial charge on any atom is 0.254 e. The zero-order valence-electron chi connectivity index (χ0n) is 15.2. The minimum absolute atomic E-state index is 0.0347. The Morgan fingerprint density at radius 3 is 2.81 bits per heavy atom. The van der Waals surface area contributed by atoms with E-state index in [0.717, 1.165) is 25.4 Å². The summed E-state index contributed by atoms with van der Waals surface area (Å²) < 4.78 is 19.7. The molecule has 1 spiro atoms. The van der Waals surface area contributed by atoms with E-state index in [-0.39, 0.29) is 18.7 Å². The highest BCUT2D eigenvalue weighted by molar-refractivity contribution is 5.94. The summed E-state index contributed by atoms with van der Waals surface area (Å²) in [6.45, 7) is 2.83. The normalized spacial score (nSPS) is 19.2. The van der Waals surface area contributed by atoms with Crippen molar-refractivity contribution in [1.82, 2.24) is 10.6 Å². The van der Waals surface area contributed by atoms with Gasteiger partial charge in [-0.3, -0.25) is 4.79 Å². The molecule has 6 heteroatoms. The van der Waals surface area contributed by atoms with Crippen molar-refractivity contribution in [2.24, 2.45) is 11.3 Å². The van der Waals surface area contributed by atoms with Crippen LogP contribution in [0.15, 0.2) is 18.2 Å². The van der Waals surface area contributed by atoms with Gasteiger partial charge in [0.25, 0.3) is 5.91 Å². The van der Waals surface area contributed by atoms with Gasteiger partial charge in [-0.25, -0.2) is 4.39 Å². The molecule has 0 radical (unpaired) electrons. The molecule has 3 rings (SSSR count). The Hall–Kier alpha value is -1.66. The lowest BCUT2D eigenvalue weighted by atomic mass is 9.57. The maximum absolute atomic E-state index is 14.0. The summed E-state index contributed by atoms with van der Waals surface area (Å²) in [6.07, 6.45) is 7.47. The molecule has 1 aromatic carbocycles. The van der Waals surface area contributed by atoms with Crippen LogP contribution >= 0.6 is 0 Å². The molecule has 144 valence electrons. The molecule has 3 N–H and O–H groups in total. The molecule has 1 saturated heterocycles. The van der Waals surface area contributed by atoms with Crippen LogP contribution in [-0.2, 0) is 0 Å². The molecule has 1 aromatic rings. The van der Waals surface area contributed by atoms with Crippen molar-refractivity contribution in [1.29, 1.82) is 0 Å². The first-order chi connectivity index (χ1) is 12.6. The van der Waals surface area contributed by atoms with Gasteiger partial charge >= 0.3 is 0 Å². The number of amides is 1. The number of hydrogen-bond acceptors (Lipinski definition) is 4. The zero-order chi connectivity index (χ0) is 18.4. The molecule has 2 fully saturated rings. The average Bonchev–Trinajstić information content (AvgIpc) is 2.62. The van der Waals surface area contributed by atoms with Gasteiger partial charge in [0.1, 0.15) is 11.6 Å². The number of ether oxygens (including phenoxy) is 1. The quantitative estimate of drug-likeness (QED) is 0.620. The van der Waals surface area contributed by atoms with Gasteiger partial charge < -0.3 is 20.5 Å². The van der Waals surface area contributed by atoms with E-state index in [1.807, 2.05) is 0 Å². The van der Waals surface area contributed by atoms with Gasteiger partial charge in [0, 0.05) is 12.6 Å². The average molecular weight is 364 g/mol. The van der Waals surface area contributed by atoms with Crippen LogP contribution in [0.4, 0.5) is 4.39 Å².